The Hall–Kier alpha value is -3.39. The zero-order chi connectivity index (χ0) is 46.0. The fourth-order valence-electron chi connectivity index (χ4n) is 9.87. The lowest BCUT2D eigenvalue weighted by Gasteiger charge is -2.38. The Morgan fingerprint density at radius 1 is 0.545 bits per heavy atom. The molecule has 350 valence electrons. The van der Waals surface area contributed by atoms with E-state index < -0.39 is 0 Å². The monoisotopic (exact) mass is 992 g/mol. The number of thioether (sulfide) groups is 1. The number of hydrogen-bond acceptors (Lipinski definition) is 12. The van der Waals surface area contributed by atoms with Crippen LogP contribution >= 0.6 is 69.2 Å². The minimum Gasteiger partial charge on any atom is -0.398 e. The Labute approximate surface area is 418 Å². The van der Waals surface area contributed by atoms with Crippen LogP contribution in [0, 0.1) is 0 Å². The fraction of sp³-hybridized carbons (Fsp3) is 0.481. The third-order valence-corrected chi connectivity index (χ3v) is 19.4. The van der Waals surface area contributed by atoms with E-state index in [9.17, 15) is 0 Å². The molecule has 0 amide bonds. The predicted octanol–water partition coefficient (Wildman–Crippen LogP) is 18.3. The number of allylic oxidation sites excluding steroid dienone is 2. The highest BCUT2D eigenvalue weighted by Gasteiger charge is 2.39. The first kappa shape index (κ1) is 49.0. The Morgan fingerprint density at radius 2 is 1.03 bits per heavy atom. The van der Waals surface area contributed by atoms with E-state index in [4.69, 9.17) is 35.5 Å². The first-order chi connectivity index (χ1) is 32.3. The van der Waals surface area contributed by atoms with Gasteiger partial charge in [0.1, 0.15) is 22.1 Å². The van der Waals surface area contributed by atoms with Crippen molar-refractivity contribution in [3.05, 3.63) is 86.5 Å². The van der Waals surface area contributed by atoms with Gasteiger partial charge in [0.2, 0.25) is 0 Å². The van der Waals surface area contributed by atoms with Crippen LogP contribution in [-0.2, 0) is 24.0 Å². The molecule has 0 radical (unpaired) electrons. The molecule has 0 atom stereocenters. The van der Waals surface area contributed by atoms with Gasteiger partial charge in [0.25, 0.3) is 0 Å². The Balaban J connectivity index is 1.19. The molecule has 0 fully saturated rings. The second-order valence-electron chi connectivity index (χ2n) is 18.3. The standard InChI is InChI=1S/C54H68N6S6/c1-6-10-14-18-22-36-24-26-43(62-36)48-41(55)31-38(50-52(48)59-65-57-50)45-30-35(5)54(28-20-16-12-8-3,29-21-17-13-9-4)40-33-46(64-47(40)34-61-45)39-32-42(56)49(53-51(39)58-66-60-53)44-27-25-37(63-44)23-19-15-11-7-2/h24-27,30-33H,5-23,28-29,34,55-56H2,1-4H3/b45-30-. The first-order valence-electron chi connectivity index (χ1n) is 24.8. The SMILES string of the molecule is C=C1/C=C(/c2cc(N)c(-c3ccc(CCCCCC)s3)c3nsnc23)SCc2sc(-c3cc(N)c(-c4ccc(CCCCCC)s4)c4nsnc34)cc2C1(CCCCCC)CCCCCC. The lowest BCUT2D eigenvalue weighted by molar-refractivity contribution is 0.392. The number of rotatable bonds is 24. The highest BCUT2D eigenvalue weighted by molar-refractivity contribution is 8.07. The van der Waals surface area contributed by atoms with Crippen LogP contribution in [0.15, 0.2) is 60.7 Å². The zero-order valence-corrected chi connectivity index (χ0v) is 44.5. The Kier molecular flexibility index (Phi) is 17.3. The molecule has 6 heterocycles. The van der Waals surface area contributed by atoms with E-state index in [0.29, 0.717) is 0 Å². The number of aromatic nitrogens is 4. The highest BCUT2D eigenvalue weighted by Crippen LogP contribution is 2.54. The van der Waals surface area contributed by atoms with E-state index in [1.165, 1.54) is 159 Å². The van der Waals surface area contributed by atoms with Crippen LogP contribution in [0.1, 0.15) is 169 Å². The average Bonchev–Trinajstić information content (AvgIpc) is 4.18. The van der Waals surface area contributed by atoms with Gasteiger partial charge >= 0.3 is 0 Å². The first-order valence-corrected chi connectivity index (χ1v) is 29.6. The molecule has 2 aromatic carbocycles. The van der Waals surface area contributed by atoms with Gasteiger partial charge in [-0.3, -0.25) is 0 Å². The third kappa shape index (κ3) is 10.7. The molecule has 7 aromatic rings. The highest BCUT2D eigenvalue weighted by atomic mass is 32.2. The van der Waals surface area contributed by atoms with Crippen molar-refractivity contribution in [2.24, 2.45) is 0 Å². The molecule has 0 spiro atoms. The largest absolute Gasteiger partial charge is 0.398 e. The van der Waals surface area contributed by atoms with Gasteiger partial charge in [-0.25, -0.2) is 0 Å². The van der Waals surface area contributed by atoms with Crippen molar-refractivity contribution < 1.29 is 0 Å². The Morgan fingerprint density at radius 3 is 1.56 bits per heavy atom. The van der Waals surface area contributed by atoms with Crippen LogP contribution < -0.4 is 11.5 Å². The number of unbranched alkanes of at least 4 members (excludes halogenated alkanes) is 12. The van der Waals surface area contributed by atoms with Crippen molar-refractivity contribution in [1.29, 1.82) is 0 Å². The number of nitrogens with two attached hydrogens (primary N) is 2. The molecular weight excluding hydrogens is 925 g/mol. The van der Waals surface area contributed by atoms with E-state index in [0.717, 1.165) is 100.0 Å². The molecule has 1 aliphatic rings. The number of benzene rings is 2. The van der Waals surface area contributed by atoms with Crippen LogP contribution in [0.4, 0.5) is 11.4 Å². The summed E-state index contributed by atoms with van der Waals surface area (Å²) in [5, 5.41) is 0. The molecule has 0 saturated heterocycles. The summed E-state index contributed by atoms with van der Waals surface area (Å²) < 4.78 is 19.9. The van der Waals surface area contributed by atoms with Gasteiger partial charge in [-0.2, -0.15) is 17.5 Å². The molecule has 12 heteroatoms. The summed E-state index contributed by atoms with van der Waals surface area (Å²) in [5.74, 6) is 0.833. The van der Waals surface area contributed by atoms with Crippen molar-refractivity contribution in [1.82, 2.24) is 17.5 Å². The molecule has 0 saturated carbocycles. The lowest BCUT2D eigenvalue weighted by atomic mass is 9.67. The molecule has 1 aliphatic heterocycles. The fourth-order valence-corrected chi connectivity index (χ4v) is 15.7. The van der Waals surface area contributed by atoms with Crippen LogP contribution in [0.3, 0.4) is 0 Å². The van der Waals surface area contributed by atoms with Crippen molar-refractivity contribution >= 4 is 108 Å². The summed E-state index contributed by atoms with van der Waals surface area (Å²) in [6.45, 7) is 14.2. The van der Waals surface area contributed by atoms with Gasteiger partial charge in [-0.05, 0) is 98.2 Å². The van der Waals surface area contributed by atoms with E-state index in [1.54, 1.807) is 0 Å². The number of fused-ring (bicyclic) bond motifs is 3. The van der Waals surface area contributed by atoms with Gasteiger partial charge in [0.15, 0.2) is 0 Å². The van der Waals surface area contributed by atoms with Crippen LogP contribution in [0.5, 0.6) is 0 Å². The predicted molar refractivity (Wildman–Crippen MR) is 297 cm³/mol. The maximum absolute atomic E-state index is 7.12. The molecule has 5 aromatic heterocycles. The molecule has 0 aliphatic carbocycles. The average molecular weight is 994 g/mol. The molecule has 6 nitrogen and oxygen atoms in total. The van der Waals surface area contributed by atoms with Gasteiger partial charge in [0.05, 0.1) is 23.5 Å². The lowest BCUT2D eigenvalue weighted by Crippen LogP contribution is -2.29. The maximum Gasteiger partial charge on any atom is 0.116 e. The summed E-state index contributed by atoms with van der Waals surface area (Å²) in [4.78, 5) is 8.96. The maximum atomic E-state index is 7.12. The van der Waals surface area contributed by atoms with Crippen LogP contribution in [0.2, 0.25) is 0 Å². The van der Waals surface area contributed by atoms with Gasteiger partial charge < -0.3 is 11.5 Å². The molecule has 66 heavy (non-hydrogen) atoms. The summed E-state index contributed by atoms with van der Waals surface area (Å²) in [5.41, 5.74) is 26.0. The molecule has 0 unspecified atom stereocenters. The van der Waals surface area contributed by atoms with Crippen molar-refractivity contribution in [3.63, 3.8) is 0 Å². The molecule has 0 bridgehead atoms. The number of thiophene rings is 3. The van der Waals surface area contributed by atoms with Crippen molar-refractivity contribution in [2.75, 3.05) is 11.5 Å². The number of nitrogens with zero attached hydrogens (tertiary/aromatic N) is 4. The molecular formula is C54H68N6S6. The smallest absolute Gasteiger partial charge is 0.116 e. The number of nitrogen functional groups attached to an aromatic ring is 2. The Bertz CT molecular complexity index is 2730. The third-order valence-electron chi connectivity index (χ3n) is 13.6. The number of hydrogen-bond donors (Lipinski definition) is 2. The topological polar surface area (TPSA) is 104 Å². The van der Waals surface area contributed by atoms with E-state index >= 15 is 0 Å². The van der Waals surface area contributed by atoms with Crippen molar-refractivity contribution in [2.45, 2.75) is 167 Å². The molecule has 4 N–H and O–H groups in total. The number of aryl methyl sites for hydroxylation is 2. The minimum absolute atomic E-state index is 0.220. The van der Waals surface area contributed by atoms with Crippen LogP contribution in [0.25, 0.3) is 58.3 Å². The van der Waals surface area contributed by atoms with Crippen molar-refractivity contribution in [3.8, 4) is 31.3 Å². The van der Waals surface area contributed by atoms with Gasteiger partial charge in [-0.15, -0.1) is 45.8 Å². The second-order valence-corrected chi connectivity index (χ2v) is 23.9. The summed E-state index contributed by atoms with van der Waals surface area (Å²) in [6.07, 6.45) is 26.5. The van der Waals surface area contributed by atoms with E-state index in [1.807, 2.05) is 45.8 Å². The van der Waals surface area contributed by atoms with Crippen LogP contribution in [-0.4, -0.2) is 17.5 Å². The number of anilines is 2. The van der Waals surface area contributed by atoms with E-state index in [2.05, 4.69) is 76.2 Å². The van der Waals surface area contributed by atoms with Gasteiger partial charge in [-0.1, -0.05) is 124 Å². The second kappa shape index (κ2) is 23.3. The minimum atomic E-state index is -0.220. The molecule has 8 rings (SSSR count). The zero-order valence-electron chi connectivity index (χ0n) is 39.6. The quantitative estimate of drug-likeness (QED) is 0.0459. The summed E-state index contributed by atoms with van der Waals surface area (Å²) >= 11 is 10.1. The summed E-state index contributed by atoms with van der Waals surface area (Å²) in [6, 6.07) is 15.9. The van der Waals surface area contributed by atoms with E-state index in [-0.39, 0.29) is 5.41 Å². The summed E-state index contributed by atoms with van der Waals surface area (Å²) in [7, 11) is 0. The normalized spacial score (nSPS) is 14.8. The van der Waals surface area contributed by atoms with Gasteiger partial charge in [0, 0.05) is 79.0 Å².